The second kappa shape index (κ2) is 4.27. The SMILES string of the molecule is O=C(O)c1ncccc1OC1CCOC1. The average Bonchev–Trinajstić information content (AvgIpc) is 2.71. The van der Waals surface area contributed by atoms with E-state index in [1.165, 1.54) is 6.20 Å². The monoisotopic (exact) mass is 209 g/mol. The molecule has 0 aromatic carbocycles. The van der Waals surface area contributed by atoms with Gasteiger partial charge in [-0.25, -0.2) is 9.78 Å². The van der Waals surface area contributed by atoms with Crippen LogP contribution < -0.4 is 4.74 Å². The Morgan fingerprint density at radius 3 is 3.20 bits per heavy atom. The molecule has 1 unspecified atom stereocenters. The van der Waals surface area contributed by atoms with E-state index in [4.69, 9.17) is 14.6 Å². The van der Waals surface area contributed by atoms with Crippen LogP contribution in [0.2, 0.25) is 0 Å². The van der Waals surface area contributed by atoms with E-state index in [2.05, 4.69) is 4.98 Å². The minimum atomic E-state index is -1.08. The molecule has 1 aliphatic rings. The Morgan fingerprint density at radius 2 is 2.53 bits per heavy atom. The molecule has 1 fully saturated rings. The molecule has 5 heteroatoms. The van der Waals surface area contributed by atoms with Gasteiger partial charge in [-0.3, -0.25) is 0 Å². The molecule has 80 valence electrons. The van der Waals surface area contributed by atoms with Crippen molar-refractivity contribution >= 4 is 5.97 Å². The maximum absolute atomic E-state index is 10.8. The Kier molecular flexibility index (Phi) is 2.82. The zero-order valence-corrected chi connectivity index (χ0v) is 8.05. The van der Waals surface area contributed by atoms with Gasteiger partial charge in [-0.15, -0.1) is 0 Å². The van der Waals surface area contributed by atoms with Gasteiger partial charge in [-0.2, -0.15) is 0 Å². The van der Waals surface area contributed by atoms with Crippen LogP contribution in [0.25, 0.3) is 0 Å². The number of carboxylic acids is 1. The molecular formula is C10H11NO4. The molecule has 0 bridgehead atoms. The lowest BCUT2D eigenvalue weighted by molar-refractivity contribution is 0.0680. The Hall–Kier alpha value is -1.62. The van der Waals surface area contributed by atoms with Crippen LogP contribution in [0.5, 0.6) is 5.75 Å². The van der Waals surface area contributed by atoms with Gasteiger partial charge in [0.25, 0.3) is 0 Å². The normalized spacial score (nSPS) is 20.1. The second-order valence-corrected chi connectivity index (χ2v) is 3.26. The van der Waals surface area contributed by atoms with E-state index in [-0.39, 0.29) is 11.8 Å². The molecule has 2 rings (SSSR count). The molecule has 0 aliphatic carbocycles. The highest BCUT2D eigenvalue weighted by atomic mass is 16.5. The number of aromatic nitrogens is 1. The topological polar surface area (TPSA) is 68.7 Å². The van der Waals surface area contributed by atoms with Crippen molar-refractivity contribution in [1.82, 2.24) is 4.98 Å². The summed E-state index contributed by atoms with van der Waals surface area (Å²) in [4.78, 5) is 14.6. The van der Waals surface area contributed by atoms with Gasteiger partial charge in [0.15, 0.2) is 11.4 Å². The van der Waals surface area contributed by atoms with Crippen molar-refractivity contribution in [3.8, 4) is 5.75 Å². The first-order valence-electron chi connectivity index (χ1n) is 4.70. The first-order valence-corrected chi connectivity index (χ1v) is 4.70. The molecular weight excluding hydrogens is 198 g/mol. The number of carbonyl (C=O) groups is 1. The number of hydrogen-bond acceptors (Lipinski definition) is 4. The van der Waals surface area contributed by atoms with Gasteiger partial charge in [0.05, 0.1) is 13.2 Å². The fourth-order valence-corrected chi connectivity index (χ4v) is 1.43. The molecule has 1 aliphatic heterocycles. The van der Waals surface area contributed by atoms with Gasteiger partial charge in [-0.1, -0.05) is 0 Å². The summed E-state index contributed by atoms with van der Waals surface area (Å²) >= 11 is 0. The van der Waals surface area contributed by atoms with Crippen LogP contribution in [0, 0.1) is 0 Å². The van der Waals surface area contributed by atoms with Crippen LogP contribution in [-0.2, 0) is 4.74 Å². The van der Waals surface area contributed by atoms with E-state index < -0.39 is 5.97 Å². The predicted molar refractivity (Wildman–Crippen MR) is 51.0 cm³/mol. The molecule has 1 atom stereocenters. The molecule has 0 saturated carbocycles. The van der Waals surface area contributed by atoms with Crippen LogP contribution in [0.1, 0.15) is 16.9 Å². The Balaban J connectivity index is 2.15. The van der Waals surface area contributed by atoms with Crippen molar-refractivity contribution in [1.29, 1.82) is 0 Å². The molecule has 1 aromatic heterocycles. The van der Waals surface area contributed by atoms with E-state index >= 15 is 0 Å². The van der Waals surface area contributed by atoms with Crippen LogP contribution >= 0.6 is 0 Å². The molecule has 15 heavy (non-hydrogen) atoms. The van der Waals surface area contributed by atoms with E-state index in [0.29, 0.717) is 19.0 Å². The lowest BCUT2D eigenvalue weighted by Crippen LogP contribution is -2.18. The van der Waals surface area contributed by atoms with E-state index in [1.54, 1.807) is 12.1 Å². The van der Waals surface area contributed by atoms with Crippen LogP contribution in [0.3, 0.4) is 0 Å². The van der Waals surface area contributed by atoms with Crippen molar-refractivity contribution in [3.63, 3.8) is 0 Å². The number of nitrogens with zero attached hydrogens (tertiary/aromatic N) is 1. The molecule has 5 nitrogen and oxygen atoms in total. The number of pyridine rings is 1. The van der Waals surface area contributed by atoms with Crippen LogP contribution in [0.4, 0.5) is 0 Å². The Morgan fingerprint density at radius 1 is 1.67 bits per heavy atom. The lowest BCUT2D eigenvalue weighted by atomic mass is 10.3. The summed E-state index contributed by atoms with van der Waals surface area (Å²) in [6.07, 6.45) is 2.15. The number of carboxylic acid groups (broad SMARTS) is 1. The largest absolute Gasteiger partial charge is 0.485 e. The van der Waals surface area contributed by atoms with Crippen LogP contribution in [0.15, 0.2) is 18.3 Å². The minimum absolute atomic E-state index is 0.0515. The molecule has 1 aromatic rings. The highest BCUT2D eigenvalue weighted by molar-refractivity contribution is 5.88. The van der Waals surface area contributed by atoms with E-state index in [0.717, 1.165) is 6.42 Å². The summed E-state index contributed by atoms with van der Waals surface area (Å²) in [5.41, 5.74) is -0.0515. The number of ether oxygens (including phenoxy) is 2. The standard InChI is InChI=1S/C10H11NO4/c12-10(13)9-8(2-1-4-11-9)15-7-3-5-14-6-7/h1-2,4,7H,3,5-6H2,(H,12,13). The molecule has 0 spiro atoms. The summed E-state index contributed by atoms with van der Waals surface area (Å²) in [6, 6.07) is 3.26. The summed E-state index contributed by atoms with van der Waals surface area (Å²) in [5, 5.41) is 8.87. The van der Waals surface area contributed by atoms with Crippen LogP contribution in [-0.4, -0.2) is 35.4 Å². The van der Waals surface area contributed by atoms with Crippen molar-refractivity contribution in [2.75, 3.05) is 13.2 Å². The maximum Gasteiger partial charge on any atom is 0.358 e. The second-order valence-electron chi connectivity index (χ2n) is 3.26. The van der Waals surface area contributed by atoms with Gasteiger partial charge in [0, 0.05) is 12.6 Å². The highest BCUT2D eigenvalue weighted by Crippen LogP contribution is 2.19. The van der Waals surface area contributed by atoms with Crippen molar-refractivity contribution in [3.05, 3.63) is 24.0 Å². The lowest BCUT2D eigenvalue weighted by Gasteiger charge is -2.12. The first kappa shape index (κ1) is 9.92. The van der Waals surface area contributed by atoms with Crippen molar-refractivity contribution in [2.45, 2.75) is 12.5 Å². The van der Waals surface area contributed by atoms with E-state index in [9.17, 15) is 4.79 Å². The smallest absolute Gasteiger partial charge is 0.358 e. The Bertz CT molecular complexity index is 360. The third kappa shape index (κ3) is 2.24. The minimum Gasteiger partial charge on any atom is -0.485 e. The van der Waals surface area contributed by atoms with Gasteiger partial charge >= 0.3 is 5.97 Å². The highest BCUT2D eigenvalue weighted by Gasteiger charge is 2.20. The van der Waals surface area contributed by atoms with Gasteiger partial charge in [0.2, 0.25) is 0 Å². The number of aromatic carboxylic acids is 1. The quantitative estimate of drug-likeness (QED) is 0.802. The van der Waals surface area contributed by atoms with Gasteiger partial charge < -0.3 is 14.6 Å². The average molecular weight is 209 g/mol. The summed E-state index contributed by atoms with van der Waals surface area (Å²) in [6.45, 7) is 1.17. The molecule has 1 saturated heterocycles. The number of rotatable bonds is 3. The molecule has 0 radical (unpaired) electrons. The fraction of sp³-hybridized carbons (Fsp3) is 0.400. The third-order valence-corrected chi connectivity index (χ3v) is 2.15. The number of hydrogen-bond donors (Lipinski definition) is 1. The zero-order valence-electron chi connectivity index (χ0n) is 8.05. The summed E-state index contributed by atoms with van der Waals surface area (Å²) in [7, 11) is 0. The molecule has 1 N–H and O–H groups in total. The Labute approximate surface area is 86.7 Å². The zero-order chi connectivity index (χ0) is 10.7. The molecule has 2 heterocycles. The summed E-state index contributed by atoms with van der Waals surface area (Å²) < 4.78 is 10.6. The fourth-order valence-electron chi connectivity index (χ4n) is 1.43. The third-order valence-electron chi connectivity index (χ3n) is 2.15. The molecule has 0 amide bonds. The summed E-state index contributed by atoms with van der Waals surface area (Å²) in [5.74, 6) is -0.773. The maximum atomic E-state index is 10.8. The van der Waals surface area contributed by atoms with Crippen molar-refractivity contribution in [2.24, 2.45) is 0 Å². The van der Waals surface area contributed by atoms with Gasteiger partial charge in [0.1, 0.15) is 6.10 Å². The van der Waals surface area contributed by atoms with E-state index in [1.807, 2.05) is 0 Å². The predicted octanol–water partition coefficient (Wildman–Crippen LogP) is 0.948. The van der Waals surface area contributed by atoms with Gasteiger partial charge in [-0.05, 0) is 12.1 Å². The first-order chi connectivity index (χ1) is 7.27. The van der Waals surface area contributed by atoms with Crippen molar-refractivity contribution < 1.29 is 19.4 Å².